The summed E-state index contributed by atoms with van der Waals surface area (Å²) in [6.45, 7) is 0.631. The van der Waals surface area contributed by atoms with E-state index in [1.807, 2.05) is 0 Å². The summed E-state index contributed by atoms with van der Waals surface area (Å²) in [4.78, 5) is 49.2. The normalized spacial score (nSPS) is 11.6. The molecule has 10 nitrogen and oxygen atoms in total. The first-order valence-corrected chi connectivity index (χ1v) is 10.3. The van der Waals surface area contributed by atoms with Crippen LogP contribution in [0.1, 0.15) is 27.0 Å². The van der Waals surface area contributed by atoms with Gasteiger partial charge in [0.1, 0.15) is 5.56 Å². The summed E-state index contributed by atoms with van der Waals surface area (Å²) in [6, 6.07) is 9.17. The molecule has 0 aliphatic heterocycles. The zero-order chi connectivity index (χ0) is 26.4. The lowest BCUT2D eigenvalue weighted by molar-refractivity contribution is -0.138. The minimum Gasteiger partial charge on any atom is -0.477 e. The summed E-state index contributed by atoms with van der Waals surface area (Å²) in [5.74, 6) is -2.10. The van der Waals surface area contributed by atoms with E-state index in [4.69, 9.17) is 0 Å². The molecule has 4 rings (SSSR count). The third-order valence-electron chi connectivity index (χ3n) is 5.69. The fourth-order valence-corrected chi connectivity index (χ4v) is 3.71. The van der Waals surface area contributed by atoms with Gasteiger partial charge in [-0.25, -0.2) is 14.4 Å². The number of hydrogen-bond acceptors (Lipinski definition) is 6. The molecule has 0 bridgehead atoms. The smallest absolute Gasteiger partial charge is 0.441 e. The minimum atomic E-state index is -4.65. The van der Waals surface area contributed by atoms with E-state index < -0.39 is 46.8 Å². The van der Waals surface area contributed by atoms with Crippen molar-refractivity contribution in [3.05, 3.63) is 102 Å². The molecule has 36 heavy (non-hydrogen) atoms. The first-order chi connectivity index (χ1) is 16.9. The molecule has 1 N–H and O–H groups in total. The predicted octanol–water partition coefficient (Wildman–Crippen LogP) is 2.43. The number of aromatic carboxylic acids is 1. The second-order valence-corrected chi connectivity index (χ2v) is 7.86. The lowest BCUT2D eigenvalue weighted by atomic mass is 10.0. The number of halogens is 3. The zero-order valence-electron chi connectivity index (χ0n) is 18.7. The highest BCUT2D eigenvalue weighted by atomic mass is 19.4. The summed E-state index contributed by atoms with van der Waals surface area (Å²) in [5, 5.41) is 13.2. The van der Waals surface area contributed by atoms with E-state index in [-0.39, 0.29) is 22.6 Å². The van der Waals surface area contributed by atoms with E-state index >= 15 is 0 Å². The molecule has 4 aromatic rings. The van der Waals surface area contributed by atoms with E-state index in [1.54, 1.807) is 0 Å². The highest BCUT2D eigenvalue weighted by Gasteiger charge is 2.33. The average Bonchev–Trinajstić information content (AvgIpc) is 3.15. The van der Waals surface area contributed by atoms with Gasteiger partial charge < -0.3 is 5.11 Å². The fraction of sp³-hybridized carbons (Fsp3) is 0.174. The summed E-state index contributed by atoms with van der Waals surface area (Å²) < 4.78 is 47.2. The topological polar surface area (TPSA) is 129 Å². The Morgan fingerprint density at radius 1 is 1.08 bits per heavy atom. The molecule has 2 aromatic heterocycles. The van der Waals surface area contributed by atoms with Crippen LogP contribution in [-0.4, -0.2) is 29.9 Å². The van der Waals surface area contributed by atoms with Crippen molar-refractivity contribution in [2.45, 2.75) is 19.6 Å². The lowest BCUT2D eigenvalue weighted by Crippen LogP contribution is -2.42. The third-order valence-corrected chi connectivity index (χ3v) is 5.69. The van der Waals surface area contributed by atoms with E-state index in [2.05, 4.69) is 9.68 Å². The molecule has 2 heterocycles. The highest BCUT2D eigenvalue weighted by molar-refractivity contribution is 5.86. The average molecular weight is 502 g/mol. The number of hydrogen-bond donors (Lipinski definition) is 1. The van der Waals surface area contributed by atoms with E-state index in [9.17, 15) is 37.5 Å². The van der Waals surface area contributed by atoms with Gasteiger partial charge in [-0.15, -0.1) is 0 Å². The van der Waals surface area contributed by atoms with Crippen LogP contribution in [0.5, 0.6) is 0 Å². The van der Waals surface area contributed by atoms with Crippen LogP contribution in [0.4, 0.5) is 13.2 Å². The molecular formula is C23H17F3N4O6. The quantitative estimate of drug-likeness (QED) is 0.444. The molecule has 0 spiro atoms. The van der Waals surface area contributed by atoms with Crippen molar-refractivity contribution in [1.29, 1.82) is 0 Å². The number of rotatable bonds is 5. The molecule has 2 aromatic carbocycles. The first-order valence-electron chi connectivity index (χ1n) is 10.3. The molecule has 0 saturated heterocycles. The van der Waals surface area contributed by atoms with Crippen molar-refractivity contribution in [3.8, 4) is 17.1 Å². The molecule has 0 radical (unpaired) electrons. The maximum atomic E-state index is 13.3. The Kier molecular flexibility index (Phi) is 6.00. The van der Waals surface area contributed by atoms with Crippen LogP contribution in [0.2, 0.25) is 0 Å². The van der Waals surface area contributed by atoms with Gasteiger partial charge in [-0.3, -0.25) is 23.0 Å². The standard InChI is InChI=1S/C23H17F3N4O6/c1-12-14(4-3-5-17(12)23(24,25)26)10-30-19(31)16(20(32)33)11-29(21(30)34)15-8-6-13(7-9-15)18-27-36-22(35)28(18)2/h3-9,11H,10H2,1-2H3,(H,32,33). The second-order valence-electron chi connectivity index (χ2n) is 7.86. The number of benzene rings is 2. The van der Waals surface area contributed by atoms with Gasteiger partial charge in [0.2, 0.25) is 0 Å². The van der Waals surface area contributed by atoms with Crippen LogP contribution in [0.25, 0.3) is 17.1 Å². The second kappa shape index (κ2) is 8.83. The predicted molar refractivity (Wildman–Crippen MR) is 119 cm³/mol. The fourth-order valence-electron chi connectivity index (χ4n) is 3.71. The molecule has 0 amide bonds. The van der Waals surface area contributed by atoms with Crippen LogP contribution in [-0.2, 0) is 19.8 Å². The Labute approximate surface area is 199 Å². The molecule has 186 valence electrons. The Hall–Kier alpha value is -4.68. The van der Waals surface area contributed by atoms with Gasteiger partial charge in [0.25, 0.3) is 5.56 Å². The van der Waals surface area contributed by atoms with Gasteiger partial charge in [-0.05, 0) is 48.4 Å². The number of aromatic nitrogens is 4. The van der Waals surface area contributed by atoms with Crippen LogP contribution < -0.4 is 17.0 Å². The van der Waals surface area contributed by atoms with Crippen LogP contribution in [0.3, 0.4) is 0 Å². The monoisotopic (exact) mass is 502 g/mol. The summed E-state index contributed by atoms with van der Waals surface area (Å²) >= 11 is 0. The molecule has 0 atom stereocenters. The number of carboxylic acids is 1. The molecule has 0 fully saturated rings. The first kappa shape index (κ1) is 24.4. The van der Waals surface area contributed by atoms with Crippen molar-refractivity contribution in [1.82, 2.24) is 18.9 Å². The molecule has 0 saturated carbocycles. The van der Waals surface area contributed by atoms with Gasteiger partial charge in [0, 0.05) is 18.8 Å². The Morgan fingerprint density at radius 3 is 2.31 bits per heavy atom. The minimum absolute atomic E-state index is 0.0282. The van der Waals surface area contributed by atoms with Crippen molar-refractivity contribution in [2.75, 3.05) is 0 Å². The molecule has 13 heteroatoms. The van der Waals surface area contributed by atoms with Crippen molar-refractivity contribution < 1.29 is 27.6 Å². The van der Waals surface area contributed by atoms with Crippen LogP contribution in [0.15, 0.2) is 67.6 Å². The SMILES string of the molecule is Cc1c(Cn2c(=O)c(C(=O)O)cn(-c3ccc(-c4noc(=O)n4C)cc3)c2=O)cccc1C(F)(F)F. The Balaban J connectivity index is 1.85. The van der Waals surface area contributed by atoms with Gasteiger partial charge in [0.15, 0.2) is 5.82 Å². The molecule has 0 aliphatic carbocycles. The lowest BCUT2D eigenvalue weighted by Gasteiger charge is -2.16. The number of carboxylic acid groups (broad SMARTS) is 1. The van der Waals surface area contributed by atoms with Crippen molar-refractivity contribution in [3.63, 3.8) is 0 Å². The molecule has 0 unspecified atom stereocenters. The summed E-state index contributed by atoms with van der Waals surface area (Å²) in [6.07, 6.45) is -3.80. The van der Waals surface area contributed by atoms with Gasteiger partial charge in [-0.1, -0.05) is 17.3 Å². The van der Waals surface area contributed by atoms with E-state index in [0.29, 0.717) is 10.1 Å². The third kappa shape index (κ3) is 4.26. The van der Waals surface area contributed by atoms with E-state index in [0.717, 1.165) is 27.5 Å². The van der Waals surface area contributed by atoms with Gasteiger partial charge in [-0.2, -0.15) is 13.2 Å². The molecule has 0 aliphatic rings. The van der Waals surface area contributed by atoms with Gasteiger partial charge >= 0.3 is 23.6 Å². The Bertz CT molecular complexity index is 1660. The maximum Gasteiger partial charge on any atom is 0.441 e. The van der Waals surface area contributed by atoms with Crippen molar-refractivity contribution >= 4 is 5.97 Å². The zero-order valence-corrected chi connectivity index (χ0v) is 18.7. The molecular weight excluding hydrogens is 485 g/mol. The highest BCUT2D eigenvalue weighted by Crippen LogP contribution is 2.33. The van der Waals surface area contributed by atoms with Gasteiger partial charge in [0.05, 0.1) is 17.8 Å². The Morgan fingerprint density at radius 2 is 1.75 bits per heavy atom. The largest absolute Gasteiger partial charge is 0.477 e. The maximum absolute atomic E-state index is 13.3. The summed E-state index contributed by atoms with van der Waals surface area (Å²) in [5.41, 5.74) is -3.34. The van der Waals surface area contributed by atoms with Crippen LogP contribution >= 0.6 is 0 Å². The van der Waals surface area contributed by atoms with E-state index in [1.165, 1.54) is 44.3 Å². The summed E-state index contributed by atoms with van der Waals surface area (Å²) in [7, 11) is 1.44. The number of alkyl halides is 3. The number of nitrogens with zero attached hydrogens (tertiary/aromatic N) is 4. The van der Waals surface area contributed by atoms with Crippen LogP contribution in [0, 0.1) is 6.92 Å². The van der Waals surface area contributed by atoms with Crippen molar-refractivity contribution in [2.24, 2.45) is 7.05 Å². The number of carbonyl (C=O) groups is 1.